The van der Waals surface area contributed by atoms with Crippen molar-refractivity contribution < 1.29 is 23.9 Å². The molecule has 0 saturated heterocycles. The number of nitrogens with zero attached hydrogens (tertiary/aromatic N) is 3. The predicted molar refractivity (Wildman–Crippen MR) is 156 cm³/mol. The van der Waals surface area contributed by atoms with Crippen molar-refractivity contribution >= 4 is 46.2 Å². The number of rotatable bonds is 13. The Balaban J connectivity index is 1.43. The summed E-state index contributed by atoms with van der Waals surface area (Å²) in [7, 11) is 3.21. The summed E-state index contributed by atoms with van der Waals surface area (Å²) in [5.41, 5.74) is 2.31. The van der Waals surface area contributed by atoms with Gasteiger partial charge in [0.2, 0.25) is 11.8 Å². The SMILES string of the molecule is CC[C@H](SC1=Nc2ccccc2C2=N[C@H](CCC(=O)NCc3ccccc3OC)C(=O)N12)C(=O)NCCCOC. The lowest BCUT2D eigenvalue weighted by atomic mass is 10.1. The van der Waals surface area contributed by atoms with E-state index in [1.807, 2.05) is 55.5 Å². The van der Waals surface area contributed by atoms with Crippen LogP contribution >= 0.6 is 11.8 Å². The van der Waals surface area contributed by atoms with Gasteiger partial charge in [-0.25, -0.2) is 9.89 Å². The maximum Gasteiger partial charge on any atom is 0.259 e. The molecule has 4 rings (SSSR count). The molecule has 2 aromatic carbocycles. The third-order valence-electron chi connectivity index (χ3n) is 6.60. The van der Waals surface area contributed by atoms with Gasteiger partial charge in [0, 0.05) is 44.4 Å². The van der Waals surface area contributed by atoms with Crippen LogP contribution in [0.5, 0.6) is 5.75 Å². The summed E-state index contributed by atoms with van der Waals surface area (Å²) in [5.74, 6) is 0.674. The number of amidine groups is 2. The second-order valence-electron chi connectivity index (χ2n) is 9.33. The van der Waals surface area contributed by atoms with Crippen molar-refractivity contribution in [3.63, 3.8) is 0 Å². The highest BCUT2D eigenvalue weighted by Crippen LogP contribution is 2.35. The van der Waals surface area contributed by atoms with E-state index in [9.17, 15) is 14.4 Å². The molecule has 0 radical (unpaired) electrons. The average Bonchev–Trinajstić information content (AvgIpc) is 3.32. The summed E-state index contributed by atoms with van der Waals surface area (Å²) >= 11 is 1.26. The van der Waals surface area contributed by atoms with Gasteiger partial charge in [-0.2, -0.15) is 0 Å². The van der Waals surface area contributed by atoms with Crippen LogP contribution < -0.4 is 15.4 Å². The van der Waals surface area contributed by atoms with E-state index >= 15 is 0 Å². The smallest absolute Gasteiger partial charge is 0.259 e. The second-order valence-corrected chi connectivity index (χ2v) is 10.5. The molecular weight excluding hydrogens is 530 g/mol. The van der Waals surface area contributed by atoms with Crippen molar-refractivity contribution in [2.45, 2.75) is 50.4 Å². The quantitative estimate of drug-likeness (QED) is 0.359. The zero-order chi connectivity index (χ0) is 28.5. The maximum atomic E-state index is 13.6. The summed E-state index contributed by atoms with van der Waals surface area (Å²) in [4.78, 5) is 50.1. The van der Waals surface area contributed by atoms with Gasteiger partial charge >= 0.3 is 0 Å². The van der Waals surface area contributed by atoms with E-state index < -0.39 is 11.3 Å². The molecule has 11 heteroatoms. The number of carbonyl (C=O) groups is 3. The summed E-state index contributed by atoms with van der Waals surface area (Å²) in [5, 5.41) is 5.83. The molecule has 2 aliphatic rings. The van der Waals surface area contributed by atoms with Crippen LogP contribution in [0.1, 0.15) is 43.7 Å². The molecule has 2 aliphatic heterocycles. The van der Waals surface area contributed by atoms with Crippen molar-refractivity contribution in [3.8, 4) is 5.75 Å². The average molecular weight is 566 g/mol. The molecule has 212 valence electrons. The van der Waals surface area contributed by atoms with E-state index in [1.54, 1.807) is 14.2 Å². The molecule has 0 aromatic heterocycles. The summed E-state index contributed by atoms with van der Waals surface area (Å²) in [6, 6.07) is 14.3. The van der Waals surface area contributed by atoms with Crippen molar-refractivity contribution in [1.82, 2.24) is 15.5 Å². The first kappa shape index (κ1) is 29.3. The first-order valence-corrected chi connectivity index (χ1v) is 14.3. The van der Waals surface area contributed by atoms with Crippen LogP contribution in [-0.2, 0) is 25.7 Å². The molecule has 10 nitrogen and oxygen atoms in total. The third-order valence-corrected chi connectivity index (χ3v) is 7.91. The number of aliphatic imine (C=N–C) groups is 2. The lowest BCUT2D eigenvalue weighted by Gasteiger charge is -2.27. The Hall–Kier alpha value is -3.70. The Bertz CT molecular complexity index is 1300. The lowest BCUT2D eigenvalue weighted by Crippen LogP contribution is -2.43. The molecule has 2 heterocycles. The lowest BCUT2D eigenvalue weighted by molar-refractivity contribution is -0.125. The largest absolute Gasteiger partial charge is 0.496 e. The molecule has 0 spiro atoms. The number of hydrogen-bond donors (Lipinski definition) is 2. The molecule has 0 bridgehead atoms. The standard InChI is InChI=1S/C29H35N5O5S/c1-4-24(27(36)30-16-9-17-38-2)40-29-33-21-12-7-6-11-20(21)26-32-22(28(37)34(26)29)14-15-25(35)31-18-19-10-5-8-13-23(19)39-3/h5-8,10-13,22,24H,4,9,14-18H2,1-3H3,(H,30,36)(H,31,35)/t22-,24+/m1/s1. The topological polar surface area (TPSA) is 122 Å². The van der Waals surface area contributed by atoms with Gasteiger partial charge < -0.3 is 20.1 Å². The first-order valence-electron chi connectivity index (χ1n) is 13.4. The molecule has 0 saturated carbocycles. The Labute approximate surface area is 238 Å². The molecule has 2 N–H and O–H groups in total. The fourth-order valence-electron chi connectivity index (χ4n) is 4.46. The van der Waals surface area contributed by atoms with Gasteiger partial charge in [-0.3, -0.25) is 19.4 Å². The molecular formula is C29H35N5O5S. The minimum absolute atomic E-state index is 0.112. The number of para-hydroxylation sites is 2. The Kier molecular flexibility index (Phi) is 10.3. The Morgan fingerprint density at radius 1 is 1.10 bits per heavy atom. The normalized spacial score (nSPS) is 16.4. The number of ether oxygens (including phenoxy) is 2. The van der Waals surface area contributed by atoms with Gasteiger partial charge in [0.15, 0.2) is 5.17 Å². The molecule has 3 amide bonds. The van der Waals surface area contributed by atoms with E-state index in [0.29, 0.717) is 55.0 Å². The van der Waals surface area contributed by atoms with Crippen LogP contribution in [0, 0.1) is 0 Å². The van der Waals surface area contributed by atoms with Gasteiger partial charge in [-0.05, 0) is 37.5 Å². The number of methoxy groups -OCH3 is 2. The Morgan fingerprint density at radius 3 is 2.65 bits per heavy atom. The number of amides is 3. The highest BCUT2D eigenvalue weighted by Gasteiger charge is 2.42. The van der Waals surface area contributed by atoms with Gasteiger partial charge in [-0.1, -0.05) is 49.0 Å². The fourth-order valence-corrected chi connectivity index (χ4v) is 5.50. The molecule has 40 heavy (non-hydrogen) atoms. The van der Waals surface area contributed by atoms with Crippen LogP contribution in [0.25, 0.3) is 0 Å². The number of nitrogens with one attached hydrogen (secondary N) is 2. The highest BCUT2D eigenvalue weighted by atomic mass is 32.2. The van der Waals surface area contributed by atoms with Crippen LogP contribution in [0.4, 0.5) is 5.69 Å². The number of thioether (sulfide) groups is 1. The van der Waals surface area contributed by atoms with Gasteiger partial charge in [0.1, 0.15) is 17.6 Å². The van der Waals surface area contributed by atoms with Gasteiger partial charge in [0.05, 0.1) is 18.0 Å². The fraction of sp³-hybridized carbons (Fsp3) is 0.414. The first-order chi connectivity index (χ1) is 19.5. The minimum atomic E-state index is -0.716. The van der Waals surface area contributed by atoms with Crippen molar-refractivity contribution in [2.75, 3.05) is 27.4 Å². The highest BCUT2D eigenvalue weighted by molar-refractivity contribution is 8.15. The summed E-state index contributed by atoms with van der Waals surface area (Å²) < 4.78 is 10.4. The molecule has 0 unspecified atom stereocenters. The maximum absolute atomic E-state index is 13.6. The number of hydrogen-bond acceptors (Lipinski definition) is 8. The number of fused-ring (bicyclic) bond motifs is 3. The van der Waals surface area contributed by atoms with Crippen LogP contribution in [0.15, 0.2) is 58.5 Å². The monoisotopic (exact) mass is 565 g/mol. The Morgan fingerprint density at radius 2 is 1.88 bits per heavy atom. The van der Waals surface area contributed by atoms with E-state index in [1.165, 1.54) is 16.7 Å². The van der Waals surface area contributed by atoms with E-state index in [4.69, 9.17) is 19.5 Å². The summed E-state index contributed by atoms with van der Waals surface area (Å²) in [6.45, 7) is 3.33. The predicted octanol–water partition coefficient (Wildman–Crippen LogP) is 3.41. The second kappa shape index (κ2) is 14.1. The van der Waals surface area contributed by atoms with Crippen LogP contribution in [0.3, 0.4) is 0 Å². The zero-order valence-corrected chi connectivity index (χ0v) is 23.8. The molecule has 2 aromatic rings. The minimum Gasteiger partial charge on any atom is -0.496 e. The van der Waals surface area contributed by atoms with Crippen molar-refractivity contribution in [2.24, 2.45) is 9.98 Å². The van der Waals surface area contributed by atoms with E-state index in [-0.39, 0.29) is 30.6 Å². The van der Waals surface area contributed by atoms with Crippen molar-refractivity contribution in [1.29, 1.82) is 0 Å². The number of carbonyl (C=O) groups excluding carboxylic acids is 3. The molecule has 2 atom stereocenters. The third kappa shape index (κ3) is 6.89. The van der Waals surface area contributed by atoms with E-state index in [2.05, 4.69) is 10.6 Å². The van der Waals surface area contributed by atoms with Crippen LogP contribution in [-0.4, -0.2) is 72.3 Å². The molecule has 0 aliphatic carbocycles. The molecule has 0 fully saturated rings. The van der Waals surface area contributed by atoms with Gasteiger partial charge in [0.25, 0.3) is 5.91 Å². The van der Waals surface area contributed by atoms with Crippen LogP contribution in [0.2, 0.25) is 0 Å². The summed E-state index contributed by atoms with van der Waals surface area (Å²) in [6.07, 6.45) is 1.67. The zero-order valence-electron chi connectivity index (χ0n) is 23.0. The van der Waals surface area contributed by atoms with Crippen molar-refractivity contribution in [3.05, 3.63) is 59.7 Å². The van der Waals surface area contributed by atoms with Gasteiger partial charge in [-0.15, -0.1) is 0 Å². The van der Waals surface area contributed by atoms with E-state index in [0.717, 1.165) is 11.1 Å². The number of benzene rings is 2.